The molecule has 1 heterocycles. The van der Waals surface area contributed by atoms with Crippen molar-refractivity contribution in [3.8, 4) is 0 Å². The van der Waals surface area contributed by atoms with E-state index >= 15 is 0 Å². The number of rotatable bonds is 5. The Bertz CT molecular complexity index is 1230. The first-order chi connectivity index (χ1) is 18.9. The van der Waals surface area contributed by atoms with Crippen LogP contribution in [0.25, 0.3) is 0 Å². The van der Waals surface area contributed by atoms with E-state index in [1.165, 1.54) is 20.8 Å². The quantitative estimate of drug-likeness (QED) is 0.157. The molecule has 10 unspecified atom stereocenters. The molecule has 0 radical (unpaired) electrons. The maximum atomic E-state index is 14.3. The molecule has 10 nitrogen and oxygen atoms in total. The standard InChI is InChI=1S/C31H42O10/c1-11-14(2)28(36)40-25-22-21(29(22,9)10)24(38-19(7)33)17(5)26(35)30-13-16(4)27(39-20(8)34)31(30,41-30)12-15(3)23(25)37-18(6)32/h11-12,16-17,21-25,27H,13H2,1-10H3. The minimum Gasteiger partial charge on any atom is -0.461 e. The van der Waals surface area contributed by atoms with Crippen LogP contribution in [-0.2, 0) is 47.7 Å². The van der Waals surface area contributed by atoms with Crippen LogP contribution in [0.4, 0.5) is 0 Å². The van der Waals surface area contributed by atoms with Gasteiger partial charge in [0.2, 0.25) is 0 Å². The minimum atomic E-state index is -1.32. The van der Waals surface area contributed by atoms with Crippen LogP contribution in [0.3, 0.4) is 0 Å². The second-order valence-electron chi connectivity index (χ2n) is 12.8. The topological polar surface area (TPSA) is 135 Å². The van der Waals surface area contributed by atoms with Gasteiger partial charge in [-0.3, -0.25) is 19.2 Å². The first kappa shape index (κ1) is 30.9. The maximum Gasteiger partial charge on any atom is 0.333 e. The summed E-state index contributed by atoms with van der Waals surface area (Å²) in [4.78, 5) is 64.4. The van der Waals surface area contributed by atoms with Crippen LogP contribution < -0.4 is 0 Å². The third-order valence-electron chi connectivity index (χ3n) is 9.57. The van der Waals surface area contributed by atoms with Gasteiger partial charge in [0.05, 0.1) is 5.92 Å². The summed E-state index contributed by atoms with van der Waals surface area (Å²) in [5.41, 5.74) is -2.31. The van der Waals surface area contributed by atoms with Crippen molar-refractivity contribution in [2.24, 2.45) is 29.1 Å². The summed E-state index contributed by atoms with van der Waals surface area (Å²) in [5.74, 6) is -4.31. The number of ether oxygens (including phenoxy) is 5. The molecule has 2 saturated carbocycles. The van der Waals surface area contributed by atoms with Gasteiger partial charge in [0.25, 0.3) is 0 Å². The van der Waals surface area contributed by atoms with Gasteiger partial charge in [-0.25, -0.2) is 4.79 Å². The van der Waals surface area contributed by atoms with Crippen LogP contribution in [0.1, 0.15) is 75.7 Å². The number of ketones is 1. The molecule has 0 amide bonds. The number of fused-ring (bicyclic) bond motifs is 1. The SMILES string of the molecule is CC=C(C)C(=O)OC1C(OC(C)=O)C(C)=CC23OC2(CC(C)C3OC(C)=O)C(=O)C(C)C(OC(C)=O)C2C1C2(C)C. The molecule has 0 spiro atoms. The molecule has 0 aromatic carbocycles. The second kappa shape index (κ2) is 10.4. The molecule has 1 saturated heterocycles. The smallest absolute Gasteiger partial charge is 0.333 e. The molecule has 41 heavy (non-hydrogen) atoms. The Labute approximate surface area is 241 Å². The van der Waals surface area contributed by atoms with Crippen LogP contribution in [0.15, 0.2) is 23.3 Å². The van der Waals surface area contributed by atoms with Crippen LogP contribution in [0.5, 0.6) is 0 Å². The summed E-state index contributed by atoms with van der Waals surface area (Å²) in [6, 6.07) is 0. The van der Waals surface area contributed by atoms with Crippen molar-refractivity contribution < 1.29 is 47.7 Å². The number of allylic oxidation sites excluding steroid dienone is 1. The van der Waals surface area contributed by atoms with Gasteiger partial charge in [0.1, 0.15) is 18.3 Å². The van der Waals surface area contributed by atoms with E-state index in [0.717, 1.165) is 0 Å². The fraction of sp³-hybridized carbons (Fsp3) is 0.710. The predicted molar refractivity (Wildman–Crippen MR) is 145 cm³/mol. The molecule has 10 atom stereocenters. The fourth-order valence-corrected chi connectivity index (χ4v) is 7.53. The van der Waals surface area contributed by atoms with E-state index < -0.39 is 82.7 Å². The third-order valence-corrected chi connectivity index (χ3v) is 9.57. The molecule has 3 fully saturated rings. The molecule has 1 aliphatic heterocycles. The zero-order chi connectivity index (χ0) is 30.8. The fourth-order valence-electron chi connectivity index (χ4n) is 7.53. The summed E-state index contributed by atoms with van der Waals surface area (Å²) < 4.78 is 29.8. The van der Waals surface area contributed by atoms with Gasteiger partial charge in [-0.1, -0.05) is 33.8 Å². The second-order valence-corrected chi connectivity index (χ2v) is 12.8. The van der Waals surface area contributed by atoms with Crippen molar-refractivity contribution in [2.45, 2.75) is 111 Å². The Kier molecular flexibility index (Phi) is 7.82. The zero-order valence-corrected chi connectivity index (χ0v) is 25.6. The van der Waals surface area contributed by atoms with Crippen molar-refractivity contribution in [1.82, 2.24) is 0 Å². The number of Topliss-reactive ketones (excluding diaryl/α,β-unsaturated/α-hetero) is 1. The van der Waals surface area contributed by atoms with Crippen molar-refractivity contribution in [3.63, 3.8) is 0 Å². The Hall–Kier alpha value is -3.01. The average Bonchev–Trinajstić information content (AvgIpc) is 3.66. The van der Waals surface area contributed by atoms with E-state index in [-0.39, 0.29) is 11.7 Å². The monoisotopic (exact) mass is 574 g/mol. The number of esters is 4. The third kappa shape index (κ3) is 4.91. The van der Waals surface area contributed by atoms with Gasteiger partial charge in [-0.05, 0) is 50.2 Å². The van der Waals surface area contributed by atoms with Crippen LogP contribution in [0.2, 0.25) is 0 Å². The van der Waals surface area contributed by atoms with E-state index in [2.05, 4.69) is 0 Å². The summed E-state index contributed by atoms with van der Waals surface area (Å²) in [7, 11) is 0. The van der Waals surface area contributed by atoms with Gasteiger partial charge in [0.15, 0.2) is 23.1 Å². The van der Waals surface area contributed by atoms with E-state index in [9.17, 15) is 24.0 Å². The van der Waals surface area contributed by atoms with E-state index in [1.807, 2.05) is 20.8 Å². The Morgan fingerprint density at radius 3 is 2.00 bits per heavy atom. The normalized spacial score (nSPS) is 40.9. The molecule has 226 valence electrons. The van der Waals surface area contributed by atoms with Gasteiger partial charge in [-0.2, -0.15) is 0 Å². The first-order valence-electron chi connectivity index (χ1n) is 14.2. The van der Waals surface area contributed by atoms with E-state index in [0.29, 0.717) is 17.6 Å². The van der Waals surface area contributed by atoms with Crippen LogP contribution >= 0.6 is 0 Å². The maximum absolute atomic E-state index is 14.3. The summed E-state index contributed by atoms with van der Waals surface area (Å²) in [6.07, 6.45) is -0.0199. The summed E-state index contributed by atoms with van der Waals surface area (Å²) >= 11 is 0. The highest BCUT2D eigenvalue weighted by molar-refractivity contribution is 5.96. The number of hydrogen-bond acceptors (Lipinski definition) is 10. The molecular formula is C31H42O10. The average molecular weight is 575 g/mol. The number of hydrogen-bond donors (Lipinski definition) is 0. The highest BCUT2D eigenvalue weighted by Gasteiger charge is 2.84. The Morgan fingerprint density at radius 2 is 1.46 bits per heavy atom. The molecule has 0 aromatic heterocycles. The van der Waals surface area contributed by atoms with Gasteiger partial charge in [-0.15, -0.1) is 0 Å². The number of carbonyl (C=O) groups excluding carboxylic acids is 5. The van der Waals surface area contributed by atoms with Gasteiger partial charge >= 0.3 is 23.9 Å². The van der Waals surface area contributed by atoms with Crippen molar-refractivity contribution in [3.05, 3.63) is 23.3 Å². The molecule has 0 N–H and O–H groups in total. The molecule has 4 aliphatic rings. The molecule has 4 rings (SSSR count). The molecule has 3 aliphatic carbocycles. The molecular weight excluding hydrogens is 532 g/mol. The van der Waals surface area contributed by atoms with Crippen LogP contribution in [-0.4, -0.2) is 65.3 Å². The Morgan fingerprint density at radius 1 is 0.902 bits per heavy atom. The van der Waals surface area contributed by atoms with Crippen molar-refractivity contribution in [1.29, 1.82) is 0 Å². The Balaban J connectivity index is 1.95. The molecule has 10 heteroatoms. The zero-order valence-electron chi connectivity index (χ0n) is 25.6. The van der Waals surface area contributed by atoms with E-state index in [4.69, 9.17) is 23.7 Å². The number of carbonyl (C=O) groups is 5. The molecule has 0 bridgehead atoms. The number of epoxide rings is 1. The summed E-state index contributed by atoms with van der Waals surface area (Å²) in [5, 5.41) is 0. The van der Waals surface area contributed by atoms with Gasteiger partial charge in [0, 0.05) is 38.2 Å². The largest absolute Gasteiger partial charge is 0.461 e. The van der Waals surface area contributed by atoms with Crippen molar-refractivity contribution in [2.75, 3.05) is 0 Å². The lowest BCUT2D eigenvalue weighted by Crippen LogP contribution is -2.43. The molecule has 0 aromatic rings. The van der Waals surface area contributed by atoms with E-state index in [1.54, 1.807) is 39.8 Å². The van der Waals surface area contributed by atoms with Gasteiger partial charge < -0.3 is 23.7 Å². The lowest BCUT2D eigenvalue weighted by atomic mass is 9.80. The van der Waals surface area contributed by atoms with Crippen LogP contribution in [0, 0.1) is 29.1 Å². The lowest BCUT2D eigenvalue weighted by molar-refractivity contribution is -0.165. The minimum absolute atomic E-state index is 0.230. The predicted octanol–water partition coefficient (Wildman–Crippen LogP) is 3.64. The lowest BCUT2D eigenvalue weighted by Gasteiger charge is -2.30. The first-order valence-corrected chi connectivity index (χ1v) is 14.2. The summed E-state index contributed by atoms with van der Waals surface area (Å²) in [6.45, 7) is 16.5. The van der Waals surface area contributed by atoms with Crippen molar-refractivity contribution >= 4 is 29.7 Å². The highest BCUT2D eigenvalue weighted by atomic mass is 16.7. The highest BCUT2D eigenvalue weighted by Crippen LogP contribution is 2.68.